The molecule has 0 saturated carbocycles. The highest BCUT2D eigenvalue weighted by Gasteiger charge is 2.13. The Labute approximate surface area is 174 Å². The molecule has 0 aromatic heterocycles. The Morgan fingerprint density at radius 3 is 2.06 bits per heavy atom. The number of ether oxygens (including phenoxy) is 1. The minimum absolute atomic E-state index is 0.0160. The zero-order valence-corrected chi connectivity index (χ0v) is 16.0. The molecular formula is C22H16F2O7. The van der Waals surface area contributed by atoms with Crippen molar-refractivity contribution < 1.29 is 43.2 Å². The van der Waals surface area contributed by atoms with E-state index >= 15 is 0 Å². The van der Waals surface area contributed by atoms with E-state index < -0.39 is 35.3 Å². The van der Waals surface area contributed by atoms with Crippen LogP contribution in [0.15, 0.2) is 60.7 Å². The van der Waals surface area contributed by atoms with E-state index in [1.807, 2.05) is 0 Å². The largest absolute Gasteiger partial charge is 0.507 e. The number of rotatable bonds is 4. The van der Waals surface area contributed by atoms with Crippen molar-refractivity contribution in [1.29, 1.82) is 0 Å². The van der Waals surface area contributed by atoms with Crippen molar-refractivity contribution in [3.05, 3.63) is 83.4 Å². The fourth-order valence-electron chi connectivity index (χ4n) is 2.49. The Morgan fingerprint density at radius 1 is 0.839 bits per heavy atom. The lowest BCUT2D eigenvalue weighted by atomic mass is 10.0. The molecule has 31 heavy (non-hydrogen) atoms. The molecule has 7 nitrogen and oxygen atoms in total. The van der Waals surface area contributed by atoms with E-state index in [0.717, 1.165) is 18.2 Å². The van der Waals surface area contributed by atoms with Gasteiger partial charge >= 0.3 is 17.9 Å². The number of aromatic hydroxyl groups is 1. The Morgan fingerprint density at radius 2 is 1.48 bits per heavy atom. The second-order valence-corrected chi connectivity index (χ2v) is 6.06. The van der Waals surface area contributed by atoms with E-state index in [2.05, 4.69) is 4.74 Å². The van der Waals surface area contributed by atoms with Gasteiger partial charge in [0.15, 0.2) is 0 Å². The van der Waals surface area contributed by atoms with E-state index in [1.54, 1.807) is 12.1 Å². The van der Waals surface area contributed by atoms with E-state index in [4.69, 9.17) is 10.2 Å². The van der Waals surface area contributed by atoms with Crippen LogP contribution in [0.3, 0.4) is 0 Å². The van der Waals surface area contributed by atoms with Crippen molar-refractivity contribution >= 4 is 17.9 Å². The molecule has 160 valence electrons. The van der Waals surface area contributed by atoms with Crippen molar-refractivity contribution in [3.63, 3.8) is 0 Å². The smallest absolute Gasteiger partial charge is 0.339 e. The number of esters is 1. The molecule has 0 amide bonds. The molecule has 3 aromatic carbocycles. The molecule has 0 radical (unpaired) electrons. The lowest BCUT2D eigenvalue weighted by molar-refractivity contribution is -0.131. The van der Waals surface area contributed by atoms with Gasteiger partial charge in [-0.2, -0.15) is 0 Å². The van der Waals surface area contributed by atoms with Gasteiger partial charge in [-0.15, -0.1) is 0 Å². The van der Waals surface area contributed by atoms with Crippen molar-refractivity contribution in [2.45, 2.75) is 6.92 Å². The third-order valence-electron chi connectivity index (χ3n) is 3.84. The van der Waals surface area contributed by atoms with Gasteiger partial charge in [0.25, 0.3) is 0 Å². The van der Waals surface area contributed by atoms with Gasteiger partial charge in [-0.3, -0.25) is 4.79 Å². The molecule has 9 heteroatoms. The van der Waals surface area contributed by atoms with Gasteiger partial charge in [0.05, 0.1) is 0 Å². The molecule has 0 heterocycles. The van der Waals surface area contributed by atoms with Gasteiger partial charge in [-0.1, -0.05) is 18.2 Å². The topological polar surface area (TPSA) is 121 Å². The molecule has 0 atom stereocenters. The number of benzene rings is 3. The molecule has 0 aliphatic rings. The number of halogens is 2. The van der Waals surface area contributed by atoms with Crippen LogP contribution >= 0.6 is 0 Å². The lowest BCUT2D eigenvalue weighted by Crippen LogP contribution is -2.06. The summed E-state index contributed by atoms with van der Waals surface area (Å²) >= 11 is 0. The van der Waals surface area contributed by atoms with Gasteiger partial charge in [0, 0.05) is 18.6 Å². The van der Waals surface area contributed by atoms with E-state index in [-0.39, 0.29) is 28.0 Å². The van der Waals surface area contributed by atoms with E-state index in [9.17, 15) is 28.3 Å². The van der Waals surface area contributed by atoms with Gasteiger partial charge in [0.1, 0.15) is 34.3 Å². The third-order valence-corrected chi connectivity index (χ3v) is 3.84. The van der Waals surface area contributed by atoms with Crippen molar-refractivity contribution in [2.75, 3.05) is 0 Å². The van der Waals surface area contributed by atoms with Crippen LogP contribution in [0.4, 0.5) is 8.78 Å². The summed E-state index contributed by atoms with van der Waals surface area (Å²) in [6.45, 7) is 1.22. The predicted molar refractivity (Wildman–Crippen MR) is 105 cm³/mol. The number of carbonyl (C=O) groups excluding carboxylic acids is 1. The highest BCUT2D eigenvalue weighted by atomic mass is 19.1. The number of carboxylic acid groups (broad SMARTS) is 2. The summed E-state index contributed by atoms with van der Waals surface area (Å²) in [4.78, 5) is 32.0. The predicted octanol–water partition coefficient (Wildman–Crippen LogP) is 4.35. The zero-order valence-electron chi connectivity index (χ0n) is 16.0. The average Bonchev–Trinajstić information content (AvgIpc) is 2.69. The van der Waals surface area contributed by atoms with Crippen LogP contribution in [0.2, 0.25) is 0 Å². The van der Waals surface area contributed by atoms with Gasteiger partial charge in [0.2, 0.25) is 0 Å². The highest BCUT2D eigenvalue weighted by molar-refractivity contribution is 5.93. The van der Waals surface area contributed by atoms with Crippen LogP contribution < -0.4 is 4.74 Å². The SMILES string of the molecule is CC(=O)Oc1ccccc1C(=O)O.O=C(O)c1cc(-c2ccc(F)cc2F)ccc1O. The quantitative estimate of drug-likeness (QED) is 0.416. The third kappa shape index (κ3) is 6.10. The summed E-state index contributed by atoms with van der Waals surface area (Å²) in [5, 5.41) is 26.9. The van der Waals surface area contributed by atoms with Crippen molar-refractivity contribution in [2.24, 2.45) is 0 Å². The average molecular weight is 430 g/mol. The second kappa shape index (κ2) is 9.97. The molecule has 0 fully saturated rings. The zero-order chi connectivity index (χ0) is 23.1. The summed E-state index contributed by atoms with van der Waals surface area (Å²) < 4.78 is 31.0. The monoisotopic (exact) mass is 430 g/mol. The summed E-state index contributed by atoms with van der Waals surface area (Å²) in [7, 11) is 0. The molecule has 0 unspecified atom stereocenters. The van der Waals surface area contributed by atoms with Crippen LogP contribution in [-0.4, -0.2) is 33.2 Å². The van der Waals surface area contributed by atoms with Crippen LogP contribution in [0, 0.1) is 11.6 Å². The van der Waals surface area contributed by atoms with Crippen LogP contribution in [0.1, 0.15) is 27.6 Å². The molecular weight excluding hydrogens is 414 g/mol. The maximum Gasteiger partial charge on any atom is 0.339 e. The number of phenols is 1. The minimum Gasteiger partial charge on any atom is -0.507 e. The highest BCUT2D eigenvalue weighted by Crippen LogP contribution is 2.28. The molecule has 0 aliphatic heterocycles. The summed E-state index contributed by atoms with van der Waals surface area (Å²) in [6, 6.07) is 12.6. The second-order valence-electron chi connectivity index (χ2n) is 6.06. The normalized spacial score (nSPS) is 9.90. The van der Waals surface area contributed by atoms with E-state index in [1.165, 1.54) is 31.2 Å². The van der Waals surface area contributed by atoms with E-state index in [0.29, 0.717) is 6.07 Å². The molecule has 3 aromatic rings. The van der Waals surface area contributed by atoms with Gasteiger partial charge in [-0.25, -0.2) is 18.4 Å². The lowest BCUT2D eigenvalue weighted by Gasteiger charge is -2.06. The first-order valence-electron chi connectivity index (χ1n) is 8.62. The van der Waals surface area contributed by atoms with Gasteiger partial charge in [-0.05, 0) is 42.0 Å². The van der Waals surface area contributed by atoms with Crippen LogP contribution in [0.25, 0.3) is 11.1 Å². The number of hydrogen-bond acceptors (Lipinski definition) is 5. The van der Waals surface area contributed by atoms with Crippen LogP contribution in [-0.2, 0) is 4.79 Å². The Hall–Kier alpha value is -4.27. The molecule has 0 aliphatic carbocycles. The first kappa shape index (κ1) is 23.0. The standard InChI is InChI=1S/C13H8F2O3.C9H8O4/c14-8-2-3-9(11(15)6-8)7-1-4-12(16)10(5-7)13(17)18;1-6(10)13-8-5-3-2-4-7(8)9(11)12/h1-6,16H,(H,17,18);2-5H,1H3,(H,11,12). The first-order chi connectivity index (χ1) is 14.6. The van der Waals surface area contributed by atoms with Gasteiger partial charge < -0.3 is 20.1 Å². The fourth-order valence-corrected chi connectivity index (χ4v) is 2.49. The molecule has 0 bridgehead atoms. The Balaban J connectivity index is 0.000000233. The number of aromatic carboxylic acids is 2. The number of carboxylic acids is 2. The maximum atomic E-state index is 13.5. The number of carbonyl (C=O) groups is 3. The molecule has 0 spiro atoms. The Kier molecular flexibility index (Phi) is 7.40. The summed E-state index contributed by atoms with van der Waals surface area (Å²) in [5.41, 5.74) is -0.0319. The molecule has 0 saturated heterocycles. The molecule has 3 rings (SSSR count). The Bertz CT molecular complexity index is 1140. The van der Waals surface area contributed by atoms with Crippen molar-refractivity contribution in [3.8, 4) is 22.6 Å². The fraction of sp³-hybridized carbons (Fsp3) is 0.0455. The minimum atomic E-state index is -1.32. The maximum absolute atomic E-state index is 13.5. The molecule has 3 N–H and O–H groups in total. The number of hydrogen-bond donors (Lipinski definition) is 3. The van der Waals surface area contributed by atoms with Crippen LogP contribution in [0.5, 0.6) is 11.5 Å². The summed E-state index contributed by atoms with van der Waals surface area (Å²) in [5.74, 6) is -4.82. The first-order valence-corrected chi connectivity index (χ1v) is 8.62. The number of para-hydroxylation sites is 1. The van der Waals surface area contributed by atoms with Crippen molar-refractivity contribution in [1.82, 2.24) is 0 Å². The summed E-state index contributed by atoms with van der Waals surface area (Å²) in [6.07, 6.45) is 0.